The van der Waals surface area contributed by atoms with Crippen molar-refractivity contribution in [1.82, 2.24) is 20.2 Å². The summed E-state index contributed by atoms with van der Waals surface area (Å²) in [6.45, 7) is 6.84. The Hall–Kier alpha value is -4.77. The van der Waals surface area contributed by atoms with E-state index in [9.17, 15) is 14.4 Å². The summed E-state index contributed by atoms with van der Waals surface area (Å²) in [7, 11) is 4.07. The molecule has 2 fully saturated rings. The van der Waals surface area contributed by atoms with Crippen molar-refractivity contribution in [2.24, 2.45) is 11.5 Å². The van der Waals surface area contributed by atoms with Crippen molar-refractivity contribution in [3.05, 3.63) is 72.6 Å². The maximum absolute atomic E-state index is 11.5. The number of anilines is 2. The first-order valence-electron chi connectivity index (χ1n) is 13.1. The number of hydrogen-bond acceptors (Lipinski definition) is 6. The Morgan fingerprint density at radius 1 is 0.825 bits per heavy atom. The number of likely N-dealkylation sites (N-methyl/N-ethyl adjacent to an activating group) is 2. The van der Waals surface area contributed by atoms with Gasteiger partial charge in [0.25, 0.3) is 11.8 Å². The fourth-order valence-corrected chi connectivity index (χ4v) is 5.26. The van der Waals surface area contributed by atoms with Gasteiger partial charge in [-0.05, 0) is 42.5 Å². The number of aromatic nitrogens is 2. The monoisotopic (exact) mass is 542 g/mol. The van der Waals surface area contributed by atoms with Crippen LogP contribution in [0.25, 0.3) is 21.8 Å². The van der Waals surface area contributed by atoms with E-state index in [2.05, 4.69) is 38.7 Å². The number of primary amides is 2. The zero-order chi connectivity index (χ0) is 28.6. The second kappa shape index (κ2) is 10.8. The third-order valence-corrected chi connectivity index (χ3v) is 7.90. The number of nitrogens with one attached hydrogen (secondary N) is 3. The van der Waals surface area contributed by atoms with Gasteiger partial charge in [0.2, 0.25) is 5.91 Å². The van der Waals surface area contributed by atoms with Crippen molar-refractivity contribution in [3.63, 3.8) is 0 Å². The van der Waals surface area contributed by atoms with Crippen LogP contribution in [0.3, 0.4) is 0 Å². The second-order valence-electron chi connectivity index (χ2n) is 10.2. The predicted octanol–water partition coefficient (Wildman–Crippen LogP) is 1.77. The van der Waals surface area contributed by atoms with E-state index in [-0.39, 0.29) is 11.9 Å². The van der Waals surface area contributed by atoms with E-state index in [1.165, 1.54) is 6.08 Å². The third-order valence-electron chi connectivity index (χ3n) is 7.90. The Kier molecular flexibility index (Phi) is 7.22. The summed E-state index contributed by atoms with van der Waals surface area (Å²) in [5.41, 5.74) is 15.5. The first kappa shape index (κ1) is 26.8. The van der Waals surface area contributed by atoms with E-state index >= 15 is 0 Å². The molecule has 0 aliphatic carbocycles. The molecule has 0 atom stereocenters. The molecule has 2 aliphatic heterocycles. The van der Waals surface area contributed by atoms with Crippen molar-refractivity contribution in [3.8, 4) is 0 Å². The molecule has 6 rings (SSSR count). The number of rotatable bonds is 7. The summed E-state index contributed by atoms with van der Waals surface area (Å²) >= 11 is 0. The Balaban J connectivity index is 0.000000164. The summed E-state index contributed by atoms with van der Waals surface area (Å²) in [4.78, 5) is 46.7. The minimum Gasteiger partial charge on any atom is -0.369 e. The SMILES string of the molecule is C=CC(=O)N1CC(N(C)c2ccc(C(N)=O)c3[nH]ccc23)C1.CN(c1ccc(C(N)=O)c2[nH]ccc12)C1CNC1. The fraction of sp³-hybridized carbons (Fsp3) is 0.276. The predicted molar refractivity (Wildman–Crippen MR) is 158 cm³/mol. The third kappa shape index (κ3) is 4.75. The lowest BCUT2D eigenvalue weighted by molar-refractivity contribution is -0.130. The number of likely N-dealkylation sites (tertiary alicyclic amines) is 1. The number of aromatic amines is 2. The molecule has 3 amide bonds. The molecule has 11 nitrogen and oxygen atoms in total. The van der Waals surface area contributed by atoms with E-state index in [1.54, 1.807) is 23.2 Å². The molecule has 4 heterocycles. The molecule has 0 spiro atoms. The number of H-pyrrole nitrogens is 2. The summed E-state index contributed by atoms with van der Waals surface area (Å²) in [6.07, 6.45) is 4.97. The van der Waals surface area contributed by atoms with E-state index in [1.807, 2.05) is 37.5 Å². The molecular formula is C29H34N8O3. The molecule has 0 bridgehead atoms. The molecule has 2 aliphatic rings. The summed E-state index contributed by atoms with van der Waals surface area (Å²) in [6, 6.07) is 12.1. The number of carbonyl (C=O) groups is 3. The smallest absolute Gasteiger partial charge is 0.250 e. The van der Waals surface area contributed by atoms with Gasteiger partial charge in [-0.25, -0.2) is 0 Å². The summed E-state index contributed by atoms with van der Waals surface area (Å²) in [5, 5.41) is 5.25. The van der Waals surface area contributed by atoms with Gasteiger partial charge in [0.1, 0.15) is 0 Å². The number of hydrogen-bond donors (Lipinski definition) is 5. The number of nitrogens with zero attached hydrogens (tertiary/aromatic N) is 3. The van der Waals surface area contributed by atoms with Crippen LogP contribution in [-0.4, -0.2) is 84.9 Å². The van der Waals surface area contributed by atoms with Crippen LogP contribution in [0.2, 0.25) is 0 Å². The minimum absolute atomic E-state index is 0.0412. The van der Waals surface area contributed by atoms with Crippen molar-refractivity contribution in [2.75, 3.05) is 50.1 Å². The maximum Gasteiger partial charge on any atom is 0.250 e. The average Bonchev–Trinajstić information content (AvgIpc) is 3.55. The minimum atomic E-state index is -0.451. The molecule has 0 saturated carbocycles. The molecule has 11 heteroatoms. The van der Waals surface area contributed by atoms with Crippen molar-refractivity contribution in [2.45, 2.75) is 12.1 Å². The van der Waals surface area contributed by atoms with Crippen LogP contribution < -0.4 is 26.6 Å². The van der Waals surface area contributed by atoms with Gasteiger partial charge in [0.05, 0.1) is 34.2 Å². The molecule has 2 saturated heterocycles. The van der Waals surface area contributed by atoms with Gasteiger partial charge in [0, 0.05) is 74.8 Å². The van der Waals surface area contributed by atoms with Crippen molar-refractivity contribution in [1.29, 1.82) is 0 Å². The first-order valence-corrected chi connectivity index (χ1v) is 13.1. The number of benzene rings is 2. The number of fused-ring (bicyclic) bond motifs is 2. The Bertz CT molecular complexity index is 1600. The van der Waals surface area contributed by atoms with Gasteiger partial charge < -0.3 is 41.5 Å². The highest BCUT2D eigenvalue weighted by atomic mass is 16.2. The first-order chi connectivity index (χ1) is 19.2. The quantitative estimate of drug-likeness (QED) is 0.224. The van der Waals surface area contributed by atoms with Crippen LogP contribution in [0, 0.1) is 0 Å². The van der Waals surface area contributed by atoms with Crippen LogP contribution in [0.15, 0.2) is 61.4 Å². The zero-order valence-corrected chi connectivity index (χ0v) is 22.6. The highest BCUT2D eigenvalue weighted by molar-refractivity contribution is 6.09. The van der Waals surface area contributed by atoms with Gasteiger partial charge in [0.15, 0.2) is 0 Å². The Labute approximate surface area is 231 Å². The lowest BCUT2D eigenvalue weighted by Gasteiger charge is -2.44. The van der Waals surface area contributed by atoms with Crippen LogP contribution >= 0.6 is 0 Å². The molecule has 40 heavy (non-hydrogen) atoms. The molecule has 0 unspecified atom stereocenters. The molecule has 7 N–H and O–H groups in total. The standard InChI is InChI=1S/C16H18N4O2.C13H16N4O/c1-3-14(21)20-8-10(9-20)19(2)13-5-4-12(16(17)22)15-11(13)6-7-18-15;1-17(8-6-15-7-8)11-3-2-10(13(14)18)12-9(11)4-5-16-12/h3-7,10,18H,1,8-9H2,2H3,(H2,17,22);2-5,8,15-16H,6-7H2,1H3,(H2,14,18). The van der Waals surface area contributed by atoms with Crippen molar-refractivity contribution < 1.29 is 14.4 Å². The molecule has 2 aromatic carbocycles. The number of amides is 3. The van der Waals surface area contributed by atoms with E-state index in [0.29, 0.717) is 30.3 Å². The van der Waals surface area contributed by atoms with E-state index in [4.69, 9.17) is 11.5 Å². The van der Waals surface area contributed by atoms with Crippen LogP contribution in [-0.2, 0) is 4.79 Å². The van der Waals surface area contributed by atoms with Gasteiger partial charge >= 0.3 is 0 Å². The average molecular weight is 543 g/mol. The number of carbonyl (C=O) groups excluding carboxylic acids is 3. The maximum atomic E-state index is 11.5. The summed E-state index contributed by atoms with van der Waals surface area (Å²) in [5.74, 6) is -0.893. The molecule has 2 aromatic heterocycles. The van der Waals surface area contributed by atoms with E-state index < -0.39 is 11.8 Å². The lowest BCUT2D eigenvalue weighted by atomic mass is 10.0. The topological polar surface area (TPSA) is 157 Å². The molecule has 4 aromatic rings. The van der Waals surface area contributed by atoms with Gasteiger partial charge in [-0.2, -0.15) is 0 Å². The molecule has 208 valence electrons. The van der Waals surface area contributed by atoms with Crippen molar-refractivity contribution >= 4 is 50.9 Å². The number of nitrogens with two attached hydrogens (primary N) is 2. The van der Waals surface area contributed by atoms with Gasteiger partial charge in [-0.1, -0.05) is 6.58 Å². The molecular weight excluding hydrogens is 508 g/mol. The second-order valence-corrected chi connectivity index (χ2v) is 10.2. The highest BCUT2D eigenvalue weighted by Gasteiger charge is 2.33. The zero-order valence-electron chi connectivity index (χ0n) is 22.6. The largest absolute Gasteiger partial charge is 0.369 e. The lowest BCUT2D eigenvalue weighted by Crippen LogP contribution is -2.60. The fourth-order valence-electron chi connectivity index (χ4n) is 5.26. The summed E-state index contributed by atoms with van der Waals surface area (Å²) < 4.78 is 0. The molecule has 0 radical (unpaired) electrons. The highest BCUT2D eigenvalue weighted by Crippen LogP contribution is 2.32. The van der Waals surface area contributed by atoms with Crippen LogP contribution in [0.1, 0.15) is 20.7 Å². The van der Waals surface area contributed by atoms with Crippen LogP contribution in [0.4, 0.5) is 11.4 Å². The van der Waals surface area contributed by atoms with E-state index in [0.717, 1.165) is 46.3 Å². The Morgan fingerprint density at radius 3 is 1.70 bits per heavy atom. The van der Waals surface area contributed by atoms with Crippen LogP contribution in [0.5, 0.6) is 0 Å². The normalized spacial score (nSPS) is 15.1. The Morgan fingerprint density at radius 2 is 1.30 bits per heavy atom. The van der Waals surface area contributed by atoms with Gasteiger partial charge in [-0.3, -0.25) is 14.4 Å². The van der Waals surface area contributed by atoms with Gasteiger partial charge in [-0.15, -0.1) is 0 Å².